The van der Waals surface area contributed by atoms with Gasteiger partial charge in [0.05, 0.1) is 0 Å². The number of anilines is 5. The van der Waals surface area contributed by atoms with Gasteiger partial charge in [-0.2, -0.15) is 0 Å². The molecule has 0 spiro atoms. The van der Waals surface area contributed by atoms with E-state index in [4.69, 9.17) is 0 Å². The topological polar surface area (TPSA) is 6.48 Å². The van der Waals surface area contributed by atoms with Crippen molar-refractivity contribution in [3.8, 4) is 22.3 Å². The van der Waals surface area contributed by atoms with E-state index in [0.717, 1.165) is 41.3 Å². The summed E-state index contributed by atoms with van der Waals surface area (Å²) in [6, 6.07) is 65.2. The molecule has 0 aromatic heterocycles. The molecule has 0 bridgehead atoms. The lowest BCUT2D eigenvalue weighted by atomic mass is 9.85. The lowest BCUT2D eigenvalue weighted by molar-refractivity contribution is 0.590. The lowest BCUT2D eigenvalue weighted by Gasteiger charge is -2.30. The Morgan fingerprint density at radius 3 is 1.20 bits per heavy atom. The molecule has 0 saturated heterocycles. The normalized spacial score (nSPS) is 13.1. The van der Waals surface area contributed by atoms with E-state index >= 15 is 0 Å². The van der Waals surface area contributed by atoms with Crippen molar-refractivity contribution in [1.82, 2.24) is 0 Å². The number of nitrogens with zero attached hydrogens (tertiary/aromatic N) is 2. The highest BCUT2D eigenvalue weighted by atomic mass is 15.1. The minimum absolute atomic E-state index is 0.0658. The van der Waals surface area contributed by atoms with Crippen LogP contribution < -0.4 is 9.80 Å². The van der Waals surface area contributed by atoms with Crippen LogP contribution in [0.25, 0.3) is 43.8 Å². The van der Waals surface area contributed by atoms with E-state index in [2.05, 4.69) is 245 Å². The number of hydrogen-bond acceptors (Lipinski definition) is 2. The van der Waals surface area contributed by atoms with E-state index in [0.29, 0.717) is 0 Å². The van der Waals surface area contributed by atoms with Crippen molar-refractivity contribution in [3.63, 3.8) is 0 Å². The standard InChI is InChI=1S/C58H54N2/c1-57(2,3)43-27-31-47(32-28-43)59(45-23-15-9-16-24-45)49-35-37-51-53(39-49)55(41-19-11-7-12-20-41)52-38-36-50(40-54(52)56(51)42-21-13-8-14-22-42)60(46-25-17-10-18-26-46)48-33-29-44(30-34-48)58(4,5)6/h7-9,11-17,19-40H,10,18H2,1-6H3. The number of rotatable bonds is 8. The van der Waals surface area contributed by atoms with Crippen LogP contribution >= 0.6 is 0 Å². The Bertz CT molecular complexity index is 2840. The van der Waals surface area contributed by atoms with Gasteiger partial charge in [-0.25, -0.2) is 0 Å². The minimum Gasteiger partial charge on any atom is -0.311 e. The van der Waals surface area contributed by atoms with Crippen molar-refractivity contribution in [1.29, 1.82) is 0 Å². The first-order chi connectivity index (χ1) is 29.0. The van der Waals surface area contributed by atoms with Crippen LogP contribution in [0, 0.1) is 0 Å². The van der Waals surface area contributed by atoms with Crippen LogP contribution in [0.1, 0.15) is 65.5 Å². The molecule has 0 heterocycles. The average molecular weight is 779 g/mol. The summed E-state index contributed by atoms with van der Waals surface area (Å²) in [5, 5.41) is 4.90. The Morgan fingerprint density at radius 1 is 0.367 bits per heavy atom. The second-order valence-electron chi connectivity index (χ2n) is 18.2. The summed E-state index contributed by atoms with van der Waals surface area (Å²) in [6.45, 7) is 13.7. The fourth-order valence-corrected chi connectivity index (χ4v) is 8.77. The molecule has 2 nitrogen and oxygen atoms in total. The molecular formula is C58H54N2. The summed E-state index contributed by atoms with van der Waals surface area (Å²) in [4.78, 5) is 4.83. The smallest absolute Gasteiger partial charge is 0.0468 e. The molecule has 0 N–H and O–H groups in total. The van der Waals surface area contributed by atoms with E-state index in [-0.39, 0.29) is 10.8 Å². The lowest BCUT2D eigenvalue weighted by Crippen LogP contribution is -2.17. The Hall–Kier alpha value is -6.64. The summed E-state index contributed by atoms with van der Waals surface area (Å²) in [5.41, 5.74) is 14.5. The second kappa shape index (κ2) is 15.8. The quantitative estimate of drug-likeness (QED) is 0.142. The Balaban J connectivity index is 1.32. The predicted molar refractivity (Wildman–Crippen MR) is 259 cm³/mol. The molecule has 1 aliphatic carbocycles. The molecule has 0 amide bonds. The molecule has 2 heteroatoms. The molecule has 0 fully saturated rings. The number of para-hydroxylation sites is 1. The zero-order valence-corrected chi connectivity index (χ0v) is 35.8. The van der Waals surface area contributed by atoms with Crippen LogP contribution in [0.15, 0.2) is 200 Å². The average Bonchev–Trinajstić information content (AvgIpc) is 3.27. The first-order valence-corrected chi connectivity index (χ1v) is 21.4. The molecule has 60 heavy (non-hydrogen) atoms. The number of hydrogen-bond donors (Lipinski definition) is 0. The summed E-state index contributed by atoms with van der Waals surface area (Å²) >= 11 is 0. The SMILES string of the molecule is CC(C)(C)c1ccc(N(C2=CCCC=C2)c2ccc3c(-c4ccccc4)c4cc(N(c5ccccc5)c5ccc(C(C)(C)C)cc5)ccc4c(-c4ccccc4)c3c2)cc1. The molecule has 8 aromatic rings. The second-order valence-corrected chi connectivity index (χ2v) is 18.2. The number of benzene rings is 8. The van der Waals surface area contributed by atoms with Gasteiger partial charge in [0.25, 0.3) is 0 Å². The maximum Gasteiger partial charge on any atom is 0.0468 e. The van der Waals surface area contributed by atoms with Crippen LogP contribution in [-0.4, -0.2) is 0 Å². The van der Waals surface area contributed by atoms with Gasteiger partial charge in [0.2, 0.25) is 0 Å². The van der Waals surface area contributed by atoms with E-state index < -0.39 is 0 Å². The molecular weight excluding hydrogens is 725 g/mol. The van der Waals surface area contributed by atoms with Gasteiger partial charge in [-0.3, -0.25) is 0 Å². The zero-order valence-electron chi connectivity index (χ0n) is 35.8. The van der Waals surface area contributed by atoms with Gasteiger partial charge in [0.1, 0.15) is 0 Å². The molecule has 0 unspecified atom stereocenters. The Morgan fingerprint density at radius 2 is 0.767 bits per heavy atom. The van der Waals surface area contributed by atoms with Crippen molar-refractivity contribution in [2.24, 2.45) is 0 Å². The third-order valence-corrected chi connectivity index (χ3v) is 12.0. The van der Waals surface area contributed by atoms with Gasteiger partial charge in [0.15, 0.2) is 0 Å². The first kappa shape index (κ1) is 38.9. The fourth-order valence-electron chi connectivity index (χ4n) is 8.77. The summed E-state index contributed by atoms with van der Waals surface area (Å²) in [7, 11) is 0. The largest absolute Gasteiger partial charge is 0.311 e. The van der Waals surface area contributed by atoms with Gasteiger partial charge in [0, 0.05) is 34.1 Å². The molecule has 296 valence electrons. The minimum atomic E-state index is 0.0658. The summed E-state index contributed by atoms with van der Waals surface area (Å²) in [6.07, 6.45) is 9.06. The molecule has 0 aliphatic heterocycles. The van der Waals surface area contributed by atoms with Crippen molar-refractivity contribution < 1.29 is 0 Å². The van der Waals surface area contributed by atoms with E-state index in [9.17, 15) is 0 Å². The van der Waals surface area contributed by atoms with E-state index in [1.165, 1.54) is 60.6 Å². The van der Waals surface area contributed by atoms with E-state index in [1.54, 1.807) is 0 Å². The van der Waals surface area contributed by atoms with Crippen molar-refractivity contribution in [2.45, 2.75) is 65.2 Å². The highest BCUT2D eigenvalue weighted by Crippen LogP contribution is 2.48. The van der Waals surface area contributed by atoms with Crippen molar-refractivity contribution >= 4 is 50.0 Å². The van der Waals surface area contributed by atoms with Gasteiger partial charge in [-0.05, 0) is 145 Å². The maximum atomic E-state index is 2.44. The molecule has 8 aromatic carbocycles. The molecule has 0 atom stereocenters. The monoisotopic (exact) mass is 778 g/mol. The van der Waals surface area contributed by atoms with Crippen LogP contribution in [0.5, 0.6) is 0 Å². The van der Waals surface area contributed by atoms with Crippen LogP contribution in [0.4, 0.5) is 28.4 Å². The number of fused-ring (bicyclic) bond motifs is 2. The predicted octanol–water partition coefficient (Wildman–Crippen LogP) is 16.8. The van der Waals surface area contributed by atoms with Crippen LogP contribution in [0.2, 0.25) is 0 Å². The van der Waals surface area contributed by atoms with E-state index in [1.807, 2.05) is 0 Å². The Labute approximate surface area is 356 Å². The Kier molecular flexibility index (Phi) is 10.3. The fraction of sp³-hybridized carbons (Fsp3) is 0.172. The highest BCUT2D eigenvalue weighted by Gasteiger charge is 2.23. The number of allylic oxidation sites excluding steroid dienone is 3. The van der Waals surface area contributed by atoms with Gasteiger partial charge in [-0.1, -0.05) is 169 Å². The van der Waals surface area contributed by atoms with Gasteiger partial charge >= 0.3 is 0 Å². The summed E-state index contributed by atoms with van der Waals surface area (Å²) in [5.74, 6) is 0. The zero-order chi connectivity index (χ0) is 41.4. The molecule has 0 saturated carbocycles. The van der Waals surface area contributed by atoms with Crippen molar-refractivity contribution in [3.05, 3.63) is 211 Å². The maximum absolute atomic E-state index is 2.44. The first-order valence-electron chi connectivity index (χ1n) is 21.4. The summed E-state index contributed by atoms with van der Waals surface area (Å²) < 4.78 is 0. The molecule has 0 radical (unpaired) electrons. The third-order valence-electron chi connectivity index (χ3n) is 12.0. The third kappa shape index (κ3) is 7.55. The van der Waals surface area contributed by atoms with Gasteiger partial charge < -0.3 is 9.80 Å². The molecule has 9 rings (SSSR count). The van der Waals surface area contributed by atoms with Crippen LogP contribution in [-0.2, 0) is 10.8 Å². The van der Waals surface area contributed by atoms with Gasteiger partial charge in [-0.15, -0.1) is 0 Å². The van der Waals surface area contributed by atoms with Crippen LogP contribution in [0.3, 0.4) is 0 Å². The van der Waals surface area contributed by atoms with Crippen molar-refractivity contribution in [2.75, 3.05) is 9.80 Å². The molecule has 1 aliphatic rings. The highest BCUT2D eigenvalue weighted by molar-refractivity contribution is 6.22.